The van der Waals surface area contributed by atoms with Gasteiger partial charge in [0.05, 0.1) is 0 Å². The monoisotopic (exact) mass is 241 g/mol. The number of hydrogen-bond donors (Lipinski definition) is 2. The maximum absolute atomic E-state index is 10.6. The maximum Gasteiger partial charge on any atom is 0.490 e. The molecular weight excluding hydrogens is 235 g/mol. The van der Waals surface area contributed by atoms with Gasteiger partial charge in [-0.3, -0.25) is 0 Å². The number of alkyl halides is 3. The van der Waals surface area contributed by atoms with Crippen molar-refractivity contribution in [2.24, 2.45) is 0 Å². The maximum atomic E-state index is 10.6. The van der Waals surface area contributed by atoms with Gasteiger partial charge in [-0.1, -0.05) is 0 Å². The van der Waals surface area contributed by atoms with E-state index in [-0.39, 0.29) is 5.69 Å². The van der Waals surface area contributed by atoms with E-state index >= 15 is 0 Å². The van der Waals surface area contributed by atoms with Gasteiger partial charge in [-0.25, -0.2) is 14.6 Å². The molecular formula is C7H6F3NO5. The van der Waals surface area contributed by atoms with Crippen LogP contribution in [-0.4, -0.2) is 33.3 Å². The third-order valence-electron chi connectivity index (χ3n) is 1.08. The lowest BCUT2D eigenvalue weighted by Crippen LogP contribution is -2.21. The predicted molar refractivity (Wildman–Crippen MR) is 41.9 cm³/mol. The molecule has 0 aliphatic carbocycles. The summed E-state index contributed by atoms with van der Waals surface area (Å²) in [5.74, 6) is -3.45. The van der Waals surface area contributed by atoms with Gasteiger partial charge in [-0.2, -0.15) is 13.2 Å². The SMILES string of the molecule is Cc1nc(C(=O)O)co1.O=C(O)C(F)(F)F. The topological polar surface area (TPSA) is 101 Å². The summed E-state index contributed by atoms with van der Waals surface area (Å²) in [5, 5.41) is 15.4. The molecule has 1 aromatic heterocycles. The lowest BCUT2D eigenvalue weighted by molar-refractivity contribution is -0.192. The molecule has 0 saturated carbocycles. The number of rotatable bonds is 1. The number of aryl methyl sites for hydroxylation is 1. The van der Waals surface area contributed by atoms with E-state index in [4.69, 9.17) is 15.0 Å². The number of aromatic carboxylic acids is 1. The zero-order valence-electron chi connectivity index (χ0n) is 7.78. The van der Waals surface area contributed by atoms with Gasteiger partial charge in [0.1, 0.15) is 6.26 Å². The molecule has 0 aromatic carbocycles. The van der Waals surface area contributed by atoms with Gasteiger partial charge in [0.15, 0.2) is 11.6 Å². The number of nitrogens with zero attached hydrogens (tertiary/aromatic N) is 1. The minimum atomic E-state index is -5.08. The van der Waals surface area contributed by atoms with Crippen molar-refractivity contribution in [3.05, 3.63) is 17.8 Å². The lowest BCUT2D eigenvalue weighted by atomic mass is 10.5. The van der Waals surface area contributed by atoms with Crippen LogP contribution in [0.15, 0.2) is 10.7 Å². The summed E-state index contributed by atoms with van der Waals surface area (Å²) < 4.78 is 36.4. The van der Waals surface area contributed by atoms with Crippen LogP contribution in [0.1, 0.15) is 16.4 Å². The van der Waals surface area contributed by atoms with Crippen LogP contribution in [0.4, 0.5) is 13.2 Å². The van der Waals surface area contributed by atoms with E-state index in [1.165, 1.54) is 0 Å². The Balaban J connectivity index is 0.000000293. The molecule has 6 nitrogen and oxygen atoms in total. The first kappa shape index (κ1) is 13.9. The molecule has 0 aliphatic rings. The summed E-state index contributed by atoms with van der Waals surface area (Å²) in [6.07, 6.45) is -3.97. The zero-order chi connectivity index (χ0) is 12.9. The molecule has 0 spiro atoms. The summed E-state index contributed by atoms with van der Waals surface area (Å²) in [6.45, 7) is 1.59. The Morgan fingerprint density at radius 2 is 1.81 bits per heavy atom. The van der Waals surface area contributed by atoms with Gasteiger partial charge in [0, 0.05) is 6.92 Å². The molecule has 1 aromatic rings. The standard InChI is InChI=1S/C5H5NO3.C2HF3O2/c1-3-6-4(2-9-3)5(7)8;3-2(4,5)1(6)7/h2H,1H3,(H,7,8);(H,6,7). The first-order valence-corrected chi connectivity index (χ1v) is 3.60. The van der Waals surface area contributed by atoms with Crippen LogP contribution in [0.2, 0.25) is 0 Å². The van der Waals surface area contributed by atoms with Crippen LogP contribution in [0, 0.1) is 6.92 Å². The van der Waals surface area contributed by atoms with Gasteiger partial charge >= 0.3 is 18.1 Å². The van der Waals surface area contributed by atoms with Gasteiger partial charge < -0.3 is 14.6 Å². The fourth-order valence-electron chi connectivity index (χ4n) is 0.462. The van der Waals surface area contributed by atoms with Gasteiger partial charge in [-0.15, -0.1) is 0 Å². The van der Waals surface area contributed by atoms with Crippen molar-refractivity contribution < 1.29 is 37.4 Å². The highest BCUT2D eigenvalue weighted by Gasteiger charge is 2.38. The molecule has 2 N–H and O–H groups in total. The average Bonchev–Trinajstić information content (AvgIpc) is 2.51. The van der Waals surface area contributed by atoms with Crippen LogP contribution in [0.5, 0.6) is 0 Å². The summed E-state index contributed by atoms with van der Waals surface area (Å²) in [5.41, 5.74) is -0.0486. The number of carboxylic acid groups (broad SMARTS) is 2. The third kappa shape index (κ3) is 4.98. The van der Waals surface area contributed by atoms with Crippen LogP contribution in [-0.2, 0) is 4.79 Å². The summed E-state index contributed by atoms with van der Waals surface area (Å²) in [4.78, 5) is 22.5. The molecule has 0 aliphatic heterocycles. The van der Waals surface area contributed by atoms with Crippen molar-refractivity contribution in [1.29, 1.82) is 0 Å². The number of hydrogen-bond acceptors (Lipinski definition) is 4. The molecule has 1 rings (SSSR count). The van der Waals surface area contributed by atoms with E-state index < -0.39 is 18.1 Å². The van der Waals surface area contributed by atoms with E-state index in [1.54, 1.807) is 6.92 Å². The molecule has 0 unspecified atom stereocenters. The van der Waals surface area contributed by atoms with Crippen molar-refractivity contribution in [2.45, 2.75) is 13.1 Å². The van der Waals surface area contributed by atoms with E-state index in [9.17, 15) is 18.0 Å². The predicted octanol–water partition coefficient (Wildman–Crippen LogP) is 1.31. The smallest absolute Gasteiger partial charge is 0.476 e. The minimum Gasteiger partial charge on any atom is -0.476 e. The molecule has 0 atom stereocenters. The zero-order valence-corrected chi connectivity index (χ0v) is 7.78. The first-order chi connectivity index (χ1) is 7.14. The number of carbonyl (C=O) groups is 2. The van der Waals surface area contributed by atoms with E-state index in [0.717, 1.165) is 6.26 Å². The fraction of sp³-hybridized carbons (Fsp3) is 0.286. The van der Waals surface area contributed by atoms with Crippen molar-refractivity contribution in [3.63, 3.8) is 0 Å². The van der Waals surface area contributed by atoms with Crippen molar-refractivity contribution in [2.75, 3.05) is 0 Å². The molecule has 0 saturated heterocycles. The van der Waals surface area contributed by atoms with Gasteiger partial charge in [0.2, 0.25) is 0 Å². The molecule has 90 valence electrons. The molecule has 1 heterocycles. The van der Waals surface area contributed by atoms with E-state index in [1.807, 2.05) is 0 Å². The van der Waals surface area contributed by atoms with Crippen LogP contribution in [0.25, 0.3) is 0 Å². The number of aromatic nitrogens is 1. The van der Waals surface area contributed by atoms with Crippen molar-refractivity contribution in [3.8, 4) is 0 Å². The van der Waals surface area contributed by atoms with E-state index in [2.05, 4.69) is 9.40 Å². The Bertz CT molecular complexity index is 384. The second-order valence-electron chi connectivity index (χ2n) is 2.36. The normalized spacial score (nSPS) is 10.2. The Morgan fingerprint density at radius 3 is 1.94 bits per heavy atom. The van der Waals surface area contributed by atoms with E-state index in [0.29, 0.717) is 5.89 Å². The van der Waals surface area contributed by atoms with Gasteiger partial charge in [-0.05, 0) is 0 Å². The molecule has 0 radical (unpaired) electrons. The molecule has 0 bridgehead atoms. The second-order valence-corrected chi connectivity index (χ2v) is 2.36. The quantitative estimate of drug-likeness (QED) is 0.768. The first-order valence-electron chi connectivity index (χ1n) is 3.60. The Hall–Kier alpha value is -2.06. The Kier molecular flexibility index (Phi) is 4.48. The summed E-state index contributed by atoms with van der Waals surface area (Å²) >= 11 is 0. The largest absolute Gasteiger partial charge is 0.490 e. The van der Waals surface area contributed by atoms with Crippen LogP contribution >= 0.6 is 0 Å². The van der Waals surface area contributed by atoms with Gasteiger partial charge in [0.25, 0.3) is 0 Å². The van der Waals surface area contributed by atoms with Crippen LogP contribution in [0.3, 0.4) is 0 Å². The number of aliphatic carboxylic acids is 1. The molecule has 16 heavy (non-hydrogen) atoms. The van der Waals surface area contributed by atoms with Crippen LogP contribution < -0.4 is 0 Å². The highest BCUT2D eigenvalue weighted by atomic mass is 19.4. The molecule has 0 amide bonds. The van der Waals surface area contributed by atoms with Crippen molar-refractivity contribution >= 4 is 11.9 Å². The second kappa shape index (κ2) is 5.14. The number of halogens is 3. The Morgan fingerprint density at radius 1 is 1.38 bits per heavy atom. The fourth-order valence-corrected chi connectivity index (χ4v) is 0.462. The lowest BCUT2D eigenvalue weighted by Gasteiger charge is -1.93. The van der Waals surface area contributed by atoms with Crippen molar-refractivity contribution in [1.82, 2.24) is 4.98 Å². The number of carboxylic acids is 2. The highest BCUT2D eigenvalue weighted by molar-refractivity contribution is 5.84. The third-order valence-corrected chi connectivity index (χ3v) is 1.08. The highest BCUT2D eigenvalue weighted by Crippen LogP contribution is 2.13. The average molecular weight is 241 g/mol. The summed E-state index contributed by atoms with van der Waals surface area (Å²) in [6, 6.07) is 0. The molecule has 9 heteroatoms. The summed E-state index contributed by atoms with van der Waals surface area (Å²) in [7, 11) is 0. The number of oxazole rings is 1. The minimum absolute atomic E-state index is 0.0486. The molecule has 0 fully saturated rings. The Labute approximate surface area is 86.3 Å².